The van der Waals surface area contributed by atoms with Crippen LogP contribution < -0.4 is 0 Å². The molecule has 0 unspecified atom stereocenters. The zero-order valence-electron chi connectivity index (χ0n) is 9.61. The minimum Gasteiger partial charge on any atom is -0.470 e. The van der Waals surface area contributed by atoms with Crippen molar-refractivity contribution in [1.82, 2.24) is 0 Å². The van der Waals surface area contributed by atoms with E-state index in [1.165, 1.54) is 6.26 Å². The van der Waals surface area contributed by atoms with E-state index in [1.807, 2.05) is 13.0 Å². The van der Waals surface area contributed by atoms with Gasteiger partial charge in [0.25, 0.3) is 0 Å². The van der Waals surface area contributed by atoms with E-state index >= 15 is 0 Å². The number of hydrogen-bond donors (Lipinski definition) is 3. The number of ether oxygens (including phenoxy) is 2. The Hall–Kier alpha value is -0.620. The SMILES string of the molecule is CCCC=CO[C@H]1O[C@@H](C)[C@@H](O)[C@@H](O)[C@@H]1O. The van der Waals surface area contributed by atoms with Crippen LogP contribution in [0.2, 0.25) is 0 Å². The lowest BCUT2D eigenvalue weighted by Gasteiger charge is -2.38. The third-order valence-electron chi connectivity index (χ3n) is 2.57. The topological polar surface area (TPSA) is 79.2 Å². The van der Waals surface area contributed by atoms with Crippen molar-refractivity contribution < 1.29 is 24.8 Å². The number of rotatable bonds is 4. The van der Waals surface area contributed by atoms with Crippen LogP contribution >= 0.6 is 0 Å². The summed E-state index contributed by atoms with van der Waals surface area (Å²) in [6.45, 7) is 3.66. The molecule has 5 atom stereocenters. The van der Waals surface area contributed by atoms with Gasteiger partial charge in [-0.3, -0.25) is 0 Å². The highest BCUT2D eigenvalue weighted by Crippen LogP contribution is 2.21. The molecule has 1 aliphatic heterocycles. The highest BCUT2D eigenvalue weighted by atomic mass is 16.7. The molecule has 3 N–H and O–H groups in total. The van der Waals surface area contributed by atoms with E-state index in [0.717, 1.165) is 12.8 Å². The van der Waals surface area contributed by atoms with Gasteiger partial charge in [-0.25, -0.2) is 0 Å². The van der Waals surface area contributed by atoms with Crippen molar-refractivity contribution in [3.63, 3.8) is 0 Å². The maximum absolute atomic E-state index is 9.59. The van der Waals surface area contributed by atoms with Gasteiger partial charge in [-0.2, -0.15) is 0 Å². The number of unbranched alkanes of at least 4 members (excludes halogenated alkanes) is 1. The summed E-state index contributed by atoms with van der Waals surface area (Å²) in [7, 11) is 0. The Morgan fingerprint density at radius 2 is 1.88 bits per heavy atom. The Morgan fingerprint density at radius 3 is 2.50 bits per heavy atom. The standard InChI is InChI=1S/C11H20O5/c1-3-4-5-6-15-11-10(14)9(13)8(12)7(2)16-11/h5-14H,3-4H2,1-2H3/t7-,8+,9+,10-,11-/m0/s1. The van der Waals surface area contributed by atoms with E-state index in [2.05, 4.69) is 0 Å². The van der Waals surface area contributed by atoms with Crippen LogP contribution in [-0.4, -0.2) is 46.0 Å². The lowest BCUT2D eigenvalue weighted by molar-refractivity contribution is -0.279. The van der Waals surface area contributed by atoms with Crippen molar-refractivity contribution in [2.75, 3.05) is 0 Å². The summed E-state index contributed by atoms with van der Waals surface area (Å²) in [4.78, 5) is 0. The first-order valence-corrected chi connectivity index (χ1v) is 5.58. The van der Waals surface area contributed by atoms with Gasteiger partial charge in [-0.1, -0.05) is 13.3 Å². The van der Waals surface area contributed by atoms with E-state index in [4.69, 9.17) is 9.47 Å². The normalized spacial score (nSPS) is 40.2. The van der Waals surface area contributed by atoms with Crippen LogP contribution in [0.15, 0.2) is 12.3 Å². The van der Waals surface area contributed by atoms with Crippen LogP contribution in [0, 0.1) is 0 Å². The van der Waals surface area contributed by atoms with Crippen LogP contribution in [0.25, 0.3) is 0 Å². The molecule has 0 aromatic rings. The van der Waals surface area contributed by atoms with Gasteiger partial charge in [0, 0.05) is 0 Å². The quantitative estimate of drug-likeness (QED) is 0.601. The van der Waals surface area contributed by atoms with E-state index < -0.39 is 30.7 Å². The molecule has 0 amide bonds. The summed E-state index contributed by atoms with van der Waals surface area (Å²) in [5, 5.41) is 28.5. The molecule has 0 saturated carbocycles. The second kappa shape index (κ2) is 6.20. The molecule has 5 heteroatoms. The van der Waals surface area contributed by atoms with E-state index in [0.29, 0.717) is 0 Å². The van der Waals surface area contributed by atoms with E-state index in [9.17, 15) is 15.3 Å². The lowest BCUT2D eigenvalue weighted by Crippen LogP contribution is -2.56. The van der Waals surface area contributed by atoms with Gasteiger partial charge in [0.2, 0.25) is 6.29 Å². The van der Waals surface area contributed by atoms with Crippen LogP contribution in [-0.2, 0) is 9.47 Å². The van der Waals surface area contributed by atoms with Crippen molar-refractivity contribution in [2.45, 2.75) is 57.4 Å². The van der Waals surface area contributed by atoms with Crippen molar-refractivity contribution in [3.8, 4) is 0 Å². The highest BCUT2D eigenvalue weighted by Gasteiger charge is 2.42. The van der Waals surface area contributed by atoms with Crippen molar-refractivity contribution in [2.24, 2.45) is 0 Å². The second-order valence-corrected chi connectivity index (χ2v) is 3.98. The summed E-state index contributed by atoms with van der Waals surface area (Å²) >= 11 is 0. The molecule has 0 bridgehead atoms. The van der Waals surface area contributed by atoms with Crippen molar-refractivity contribution in [3.05, 3.63) is 12.3 Å². The Balaban J connectivity index is 2.47. The summed E-state index contributed by atoms with van der Waals surface area (Å²) < 4.78 is 10.4. The Kier molecular flexibility index (Phi) is 5.21. The lowest BCUT2D eigenvalue weighted by atomic mass is 10.0. The average Bonchev–Trinajstić information content (AvgIpc) is 2.28. The third-order valence-corrected chi connectivity index (χ3v) is 2.57. The fraction of sp³-hybridized carbons (Fsp3) is 0.818. The van der Waals surface area contributed by atoms with Crippen LogP contribution in [0.4, 0.5) is 0 Å². The molecule has 1 aliphatic rings. The van der Waals surface area contributed by atoms with Crippen LogP contribution in [0.1, 0.15) is 26.7 Å². The molecule has 0 aliphatic carbocycles. The maximum Gasteiger partial charge on any atom is 0.228 e. The molecule has 0 aromatic carbocycles. The Bertz CT molecular complexity index is 230. The summed E-state index contributed by atoms with van der Waals surface area (Å²) in [6.07, 6.45) is 0.0896. The zero-order valence-corrected chi connectivity index (χ0v) is 9.61. The molecule has 16 heavy (non-hydrogen) atoms. The van der Waals surface area contributed by atoms with Gasteiger partial charge in [-0.05, 0) is 19.4 Å². The molecule has 5 nitrogen and oxygen atoms in total. The zero-order chi connectivity index (χ0) is 12.1. The molecule has 1 saturated heterocycles. The first-order chi connectivity index (χ1) is 7.57. The van der Waals surface area contributed by atoms with Gasteiger partial charge >= 0.3 is 0 Å². The van der Waals surface area contributed by atoms with Gasteiger partial charge in [0.05, 0.1) is 12.4 Å². The van der Waals surface area contributed by atoms with Gasteiger partial charge in [-0.15, -0.1) is 0 Å². The molecular weight excluding hydrogens is 212 g/mol. The fourth-order valence-corrected chi connectivity index (χ4v) is 1.49. The summed E-state index contributed by atoms with van der Waals surface area (Å²) in [5.74, 6) is 0. The van der Waals surface area contributed by atoms with E-state index in [-0.39, 0.29) is 0 Å². The first kappa shape index (κ1) is 13.4. The van der Waals surface area contributed by atoms with Crippen LogP contribution in [0.5, 0.6) is 0 Å². The molecule has 1 fully saturated rings. The monoisotopic (exact) mass is 232 g/mol. The van der Waals surface area contributed by atoms with Crippen molar-refractivity contribution in [1.29, 1.82) is 0 Å². The van der Waals surface area contributed by atoms with E-state index in [1.54, 1.807) is 6.92 Å². The van der Waals surface area contributed by atoms with Gasteiger partial charge in [0.15, 0.2) is 0 Å². The fourth-order valence-electron chi connectivity index (χ4n) is 1.49. The van der Waals surface area contributed by atoms with Gasteiger partial charge < -0.3 is 24.8 Å². The number of aliphatic hydroxyl groups excluding tert-OH is 3. The average molecular weight is 232 g/mol. The van der Waals surface area contributed by atoms with Crippen molar-refractivity contribution >= 4 is 0 Å². The number of hydrogen-bond acceptors (Lipinski definition) is 5. The predicted octanol–water partition coefficient (Wildman–Crippen LogP) is 0.144. The molecule has 94 valence electrons. The van der Waals surface area contributed by atoms with Gasteiger partial charge in [0.1, 0.15) is 18.3 Å². The maximum atomic E-state index is 9.59. The minimum absolute atomic E-state index is 0.567. The smallest absolute Gasteiger partial charge is 0.228 e. The largest absolute Gasteiger partial charge is 0.470 e. The molecule has 1 rings (SSSR count). The van der Waals surface area contributed by atoms with Crippen LogP contribution in [0.3, 0.4) is 0 Å². The number of aliphatic hydroxyl groups is 3. The summed E-state index contributed by atoms with van der Waals surface area (Å²) in [6, 6.07) is 0. The Labute approximate surface area is 95.3 Å². The predicted molar refractivity (Wildman–Crippen MR) is 57.5 cm³/mol. The highest BCUT2D eigenvalue weighted by molar-refractivity contribution is 4.88. The first-order valence-electron chi connectivity index (χ1n) is 5.58. The second-order valence-electron chi connectivity index (χ2n) is 3.98. The molecular formula is C11H20O5. The Morgan fingerprint density at radius 1 is 1.19 bits per heavy atom. The number of allylic oxidation sites excluding steroid dienone is 1. The minimum atomic E-state index is -1.24. The summed E-state index contributed by atoms with van der Waals surface area (Å²) in [5.41, 5.74) is 0. The molecule has 1 heterocycles. The molecule has 0 spiro atoms. The molecule has 0 aromatic heterocycles. The molecule has 0 radical (unpaired) electrons. The third kappa shape index (κ3) is 3.18.